The highest BCUT2D eigenvalue weighted by Crippen LogP contribution is 2.39. The molecule has 0 spiro atoms. The summed E-state index contributed by atoms with van der Waals surface area (Å²) in [6.07, 6.45) is -0.733. The van der Waals surface area contributed by atoms with E-state index in [-0.39, 0.29) is 0 Å². The van der Waals surface area contributed by atoms with Crippen LogP contribution in [0, 0.1) is 0 Å². The predicted octanol–water partition coefficient (Wildman–Crippen LogP) is 6.16. The first-order valence-electron chi connectivity index (χ1n) is 5.86. The molecule has 1 atom stereocenters. The first-order valence-corrected chi connectivity index (χ1v) is 8.71. The molecule has 3 aromatic rings. The maximum atomic E-state index is 10.7. The van der Waals surface area contributed by atoms with Crippen LogP contribution in [0.1, 0.15) is 17.2 Å². The van der Waals surface area contributed by atoms with E-state index >= 15 is 0 Å². The number of fused-ring (bicyclic) bond motifs is 1. The molecule has 1 aromatic heterocycles. The second-order valence-electron chi connectivity index (χ2n) is 4.38. The Bertz CT molecular complexity index is 785. The van der Waals surface area contributed by atoms with Crippen molar-refractivity contribution in [2.75, 3.05) is 0 Å². The quantitative estimate of drug-likeness (QED) is 0.514. The second-order valence-corrected chi connectivity index (χ2v) is 7.43. The second kappa shape index (κ2) is 5.78. The SMILES string of the molecule is OC(c1cc(Br)ccc1Cl)c1csc2c(Br)cccc12. The van der Waals surface area contributed by atoms with Crippen molar-refractivity contribution in [2.24, 2.45) is 0 Å². The van der Waals surface area contributed by atoms with E-state index in [2.05, 4.69) is 31.9 Å². The Kier molecular flexibility index (Phi) is 4.20. The van der Waals surface area contributed by atoms with Crippen LogP contribution in [-0.4, -0.2) is 5.11 Å². The number of hydrogen-bond acceptors (Lipinski definition) is 2. The van der Waals surface area contributed by atoms with Crippen LogP contribution < -0.4 is 0 Å². The average molecular weight is 433 g/mol. The van der Waals surface area contributed by atoms with E-state index in [1.807, 2.05) is 35.7 Å². The lowest BCUT2D eigenvalue weighted by atomic mass is 10.0. The van der Waals surface area contributed by atoms with Crippen molar-refractivity contribution in [3.63, 3.8) is 0 Å². The highest BCUT2D eigenvalue weighted by molar-refractivity contribution is 9.11. The zero-order valence-corrected chi connectivity index (χ0v) is 14.9. The van der Waals surface area contributed by atoms with Gasteiger partial charge in [0, 0.05) is 29.8 Å². The summed E-state index contributed by atoms with van der Waals surface area (Å²) in [5, 5.41) is 14.3. The van der Waals surface area contributed by atoms with Gasteiger partial charge in [0.1, 0.15) is 6.10 Å². The minimum Gasteiger partial charge on any atom is -0.384 e. The Labute approximate surface area is 142 Å². The molecule has 2 aromatic carbocycles. The third-order valence-corrected chi connectivity index (χ3v) is 5.94. The van der Waals surface area contributed by atoms with Crippen molar-refractivity contribution in [3.05, 3.63) is 66.9 Å². The van der Waals surface area contributed by atoms with Gasteiger partial charge in [-0.25, -0.2) is 0 Å². The molecule has 0 bridgehead atoms. The Morgan fingerprint density at radius 1 is 1.10 bits per heavy atom. The molecule has 0 aliphatic rings. The van der Waals surface area contributed by atoms with Crippen LogP contribution in [0.3, 0.4) is 0 Å². The van der Waals surface area contributed by atoms with Crippen LogP contribution >= 0.6 is 54.8 Å². The molecule has 3 rings (SSSR count). The monoisotopic (exact) mass is 430 g/mol. The summed E-state index contributed by atoms with van der Waals surface area (Å²) in [6.45, 7) is 0. The van der Waals surface area contributed by atoms with Crippen molar-refractivity contribution in [1.82, 2.24) is 0 Å². The van der Waals surface area contributed by atoms with Crippen LogP contribution in [-0.2, 0) is 0 Å². The Morgan fingerprint density at radius 3 is 2.70 bits per heavy atom. The number of aliphatic hydroxyl groups excluding tert-OH is 1. The molecule has 0 amide bonds. The van der Waals surface area contributed by atoms with Crippen LogP contribution in [0.4, 0.5) is 0 Å². The normalized spacial score (nSPS) is 12.8. The molecule has 0 radical (unpaired) electrons. The number of benzene rings is 2. The number of aliphatic hydroxyl groups is 1. The molecule has 0 aliphatic carbocycles. The van der Waals surface area contributed by atoms with Gasteiger partial charge in [-0.15, -0.1) is 11.3 Å². The number of rotatable bonds is 2. The Hall–Kier alpha value is -0.390. The zero-order chi connectivity index (χ0) is 14.3. The van der Waals surface area contributed by atoms with E-state index in [0.29, 0.717) is 10.6 Å². The Balaban J connectivity index is 2.15. The standard InChI is InChI=1S/C15H9Br2ClOS/c16-8-4-5-13(18)10(6-8)14(19)11-7-20-15-9(11)2-1-3-12(15)17/h1-7,14,19H. The van der Waals surface area contributed by atoms with Crippen molar-refractivity contribution < 1.29 is 5.11 Å². The summed E-state index contributed by atoms with van der Waals surface area (Å²) in [4.78, 5) is 0. The van der Waals surface area contributed by atoms with Gasteiger partial charge in [0.15, 0.2) is 0 Å². The number of thiophene rings is 1. The van der Waals surface area contributed by atoms with Crippen molar-refractivity contribution in [2.45, 2.75) is 6.10 Å². The fourth-order valence-electron chi connectivity index (χ4n) is 2.15. The topological polar surface area (TPSA) is 20.2 Å². The summed E-state index contributed by atoms with van der Waals surface area (Å²) in [6, 6.07) is 11.5. The zero-order valence-electron chi connectivity index (χ0n) is 10.1. The third kappa shape index (κ3) is 2.55. The van der Waals surface area contributed by atoms with E-state index < -0.39 is 6.10 Å². The van der Waals surface area contributed by atoms with Gasteiger partial charge >= 0.3 is 0 Å². The van der Waals surface area contributed by atoms with Crippen molar-refractivity contribution in [3.8, 4) is 0 Å². The smallest absolute Gasteiger partial charge is 0.107 e. The van der Waals surface area contributed by atoms with Crippen molar-refractivity contribution in [1.29, 1.82) is 0 Å². The van der Waals surface area contributed by atoms with Gasteiger partial charge in [-0.1, -0.05) is 39.7 Å². The van der Waals surface area contributed by atoms with Crippen molar-refractivity contribution >= 4 is 64.9 Å². The molecular formula is C15H9Br2ClOS. The molecule has 1 N–H and O–H groups in total. The van der Waals surface area contributed by atoms with Crippen LogP contribution in [0.5, 0.6) is 0 Å². The van der Waals surface area contributed by atoms with Crippen LogP contribution in [0.2, 0.25) is 5.02 Å². The highest BCUT2D eigenvalue weighted by Gasteiger charge is 2.18. The fourth-order valence-corrected chi connectivity index (χ4v) is 4.39. The molecule has 0 saturated carbocycles. The van der Waals surface area contributed by atoms with Gasteiger partial charge < -0.3 is 5.11 Å². The summed E-state index contributed by atoms with van der Waals surface area (Å²) in [5.74, 6) is 0. The molecule has 1 heterocycles. The van der Waals surface area contributed by atoms with Gasteiger partial charge in [-0.05, 0) is 51.0 Å². The first kappa shape index (κ1) is 14.5. The van der Waals surface area contributed by atoms with E-state index in [1.165, 1.54) is 0 Å². The first-order chi connectivity index (χ1) is 9.58. The van der Waals surface area contributed by atoms with Crippen LogP contribution in [0.15, 0.2) is 50.7 Å². The maximum Gasteiger partial charge on any atom is 0.107 e. The van der Waals surface area contributed by atoms with Gasteiger partial charge in [-0.3, -0.25) is 0 Å². The van der Waals surface area contributed by atoms with Crippen LogP contribution in [0.25, 0.3) is 10.1 Å². The number of hydrogen-bond donors (Lipinski definition) is 1. The van der Waals surface area contributed by atoms with E-state index in [1.54, 1.807) is 17.4 Å². The minimum absolute atomic E-state index is 0.565. The molecule has 0 aliphatic heterocycles. The largest absolute Gasteiger partial charge is 0.384 e. The van der Waals surface area contributed by atoms with Gasteiger partial charge in [0.05, 0.1) is 0 Å². The molecule has 20 heavy (non-hydrogen) atoms. The lowest BCUT2D eigenvalue weighted by Crippen LogP contribution is -1.99. The maximum absolute atomic E-state index is 10.7. The molecular weight excluding hydrogens is 423 g/mol. The summed E-state index contributed by atoms with van der Waals surface area (Å²) in [5.41, 5.74) is 1.59. The third-order valence-electron chi connectivity index (χ3n) is 3.13. The fraction of sp³-hybridized carbons (Fsp3) is 0.0667. The lowest BCUT2D eigenvalue weighted by molar-refractivity contribution is 0.222. The van der Waals surface area contributed by atoms with E-state index in [4.69, 9.17) is 11.6 Å². The predicted molar refractivity (Wildman–Crippen MR) is 92.7 cm³/mol. The molecule has 1 unspecified atom stereocenters. The van der Waals surface area contributed by atoms with Gasteiger partial charge in [0.2, 0.25) is 0 Å². The number of halogens is 3. The lowest BCUT2D eigenvalue weighted by Gasteiger charge is -2.13. The summed E-state index contributed by atoms with van der Waals surface area (Å²) >= 11 is 14.8. The molecule has 5 heteroatoms. The van der Waals surface area contributed by atoms with E-state index in [0.717, 1.165) is 24.6 Å². The van der Waals surface area contributed by atoms with E-state index in [9.17, 15) is 5.11 Å². The average Bonchev–Trinajstić information content (AvgIpc) is 2.86. The molecule has 102 valence electrons. The minimum atomic E-state index is -0.733. The highest BCUT2D eigenvalue weighted by atomic mass is 79.9. The molecule has 0 saturated heterocycles. The summed E-state index contributed by atoms with van der Waals surface area (Å²) in [7, 11) is 0. The summed E-state index contributed by atoms with van der Waals surface area (Å²) < 4.78 is 3.07. The Morgan fingerprint density at radius 2 is 1.90 bits per heavy atom. The molecule has 1 nitrogen and oxygen atoms in total. The van der Waals surface area contributed by atoms with Gasteiger partial charge in [0.25, 0.3) is 0 Å². The van der Waals surface area contributed by atoms with Gasteiger partial charge in [-0.2, -0.15) is 0 Å². The molecule has 0 fully saturated rings.